The molecule has 2 nitrogen and oxygen atoms in total. The first-order chi connectivity index (χ1) is 8.56. The summed E-state index contributed by atoms with van der Waals surface area (Å²) in [4.78, 5) is 5.17. The molecular formula is C12H9BrF2N2S. The molecule has 2 N–H and O–H groups in total. The first kappa shape index (κ1) is 12.0. The maximum Gasteiger partial charge on any atom is 0.180 e. The van der Waals surface area contributed by atoms with Gasteiger partial charge in [-0.15, -0.1) is 11.3 Å². The average molecular weight is 331 g/mol. The van der Waals surface area contributed by atoms with Gasteiger partial charge in [-0.25, -0.2) is 13.8 Å². The van der Waals surface area contributed by atoms with E-state index >= 15 is 0 Å². The van der Waals surface area contributed by atoms with Crippen LogP contribution in [0.1, 0.15) is 28.5 Å². The summed E-state index contributed by atoms with van der Waals surface area (Å²) in [5, 5.41) is 0.489. The zero-order valence-corrected chi connectivity index (χ0v) is 11.6. The van der Waals surface area contributed by atoms with Crippen LogP contribution in [-0.2, 0) is 6.42 Å². The molecule has 2 aromatic rings. The lowest BCUT2D eigenvalue weighted by Crippen LogP contribution is -2.00. The van der Waals surface area contributed by atoms with Gasteiger partial charge in [-0.1, -0.05) is 0 Å². The molecule has 0 aliphatic heterocycles. The third kappa shape index (κ3) is 1.83. The van der Waals surface area contributed by atoms with Crippen molar-refractivity contribution in [1.82, 2.24) is 4.98 Å². The number of aromatic nitrogens is 1. The molecule has 0 fully saturated rings. The molecule has 6 heteroatoms. The van der Waals surface area contributed by atoms with E-state index in [-0.39, 0.29) is 10.4 Å². The molecular weight excluding hydrogens is 322 g/mol. The highest BCUT2D eigenvalue weighted by Crippen LogP contribution is 2.43. The van der Waals surface area contributed by atoms with Crippen molar-refractivity contribution in [2.75, 3.05) is 5.73 Å². The van der Waals surface area contributed by atoms with Crippen LogP contribution in [-0.4, -0.2) is 4.98 Å². The van der Waals surface area contributed by atoms with Gasteiger partial charge in [-0.05, 0) is 46.5 Å². The fourth-order valence-electron chi connectivity index (χ4n) is 2.35. The van der Waals surface area contributed by atoms with Gasteiger partial charge in [0.25, 0.3) is 0 Å². The maximum atomic E-state index is 13.9. The Morgan fingerprint density at radius 2 is 2.11 bits per heavy atom. The van der Waals surface area contributed by atoms with Crippen LogP contribution in [0.5, 0.6) is 0 Å². The van der Waals surface area contributed by atoms with Crippen LogP contribution in [0.4, 0.5) is 13.9 Å². The smallest absolute Gasteiger partial charge is 0.180 e. The van der Waals surface area contributed by atoms with Gasteiger partial charge in [0.15, 0.2) is 5.13 Å². The van der Waals surface area contributed by atoms with Crippen LogP contribution in [0.25, 0.3) is 0 Å². The normalized spacial score (nSPS) is 18.1. The van der Waals surface area contributed by atoms with Crippen molar-refractivity contribution in [1.29, 1.82) is 0 Å². The zero-order valence-electron chi connectivity index (χ0n) is 9.21. The monoisotopic (exact) mass is 330 g/mol. The third-order valence-electron chi connectivity index (χ3n) is 3.15. The van der Waals surface area contributed by atoms with Crippen molar-refractivity contribution in [3.63, 3.8) is 0 Å². The minimum atomic E-state index is -0.447. The Morgan fingerprint density at radius 3 is 2.89 bits per heavy atom. The van der Waals surface area contributed by atoms with Gasteiger partial charge >= 0.3 is 0 Å². The Hall–Kier alpha value is -1.01. The van der Waals surface area contributed by atoms with E-state index in [2.05, 4.69) is 20.9 Å². The van der Waals surface area contributed by atoms with Crippen molar-refractivity contribution < 1.29 is 8.78 Å². The molecule has 1 unspecified atom stereocenters. The summed E-state index contributed by atoms with van der Waals surface area (Å²) < 4.78 is 27.6. The number of benzene rings is 1. The first-order valence-electron chi connectivity index (χ1n) is 5.45. The number of rotatable bonds is 1. The summed E-state index contributed by atoms with van der Waals surface area (Å²) in [7, 11) is 0. The zero-order chi connectivity index (χ0) is 12.9. The van der Waals surface area contributed by atoms with E-state index < -0.39 is 11.6 Å². The van der Waals surface area contributed by atoms with Gasteiger partial charge in [-0.2, -0.15) is 0 Å². The molecule has 1 aromatic heterocycles. The van der Waals surface area contributed by atoms with Crippen LogP contribution in [0.3, 0.4) is 0 Å². The second kappa shape index (κ2) is 4.28. The SMILES string of the molecule is Nc1nc2c(s1)C(c1cc(F)c(Br)cc1F)CC2. The molecule has 94 valence electrons. The number of hydrogen-bond acceptors (Lipinski definition) is 3. The van der Waals surface area contributed by atoms with Crippen molar-refractivity contribution in [2.45, 2.75) is 18.8 Å². The number of nitrogens with zero attached hydrogens (tertiary/aromatic N) is 1. The summed E-state index contributed by atoms with van der Waals surface area (Å²) in [6, 6.07) is 2.43. The van der Waals surface area contributed by atoms with E-state index in [1.165, 1.54) is 23.5 Å². The fraction of sp³-hybridized carbons (Fsp3) is 0.250. The van der Waals surface area contributed by atoms with Gasteiger partial charge in [-0.3, -0.25) is 0 Å². The highest BCUT2D eigenvalue weighted by molar-refractivity contribution is 9.10. The summed E-state index contributed by atoms with van der Waals surface area (Å²) in [6.45, 7) is 0. The van der Waals surface area contributed by atoms with Gasteiger partial charge in [0.2, 0.25) is 0 Å². The quantitative estimate of drug-likeness (QED) is 0.807. The Bertz CT molecular complexity index is 627. The van der Waals surface area contributed by atoms with E-state index in [4.69, 9.17) is 5.73 Å². The summed E-state index contributed by atoms with van der Waals surface area (Å²) in [5.74, 6) is -0.970. The topological polar surface area (TPSA) is 38.9 Å². The number of nitrogen functional groups attached to an aromatic ring is 1. The van der Waals surface area contributed by atoms with Crippen LogP contribution in [0.2, 0.25) is 0 Å². The molecule has 3 rings (SSSR count). The van der Waals surface area contributed by atoms with Crippen LogP contribution in [0.15, 0.2) is 16.6 Å². The van der Waals surface area contributed by atoms with Crippen LogP contribution < -0.4 is 5.73 Å². The third-order valence-corrected chi connectivity index (χ3v) is 4.79. The number of fused-ring (bicyclic) bond motifs is 1. The minimum absolute atomic E-state index is 0.127. The fourth-order valence-corrected chi connectivity index (χ4v) is 3.70. The van der Waals surface area contributed by atoms with Gasteiger partial charge < -0.3 is 5.73 Å². The van der Waals surface area contributed by atoms with Crippen molar-refractivity contribution in [3.8, 4) is 0 Å². The Kier molecular flexibility index (Phi) is 2.86. The second-order valence-corrected chi connectivity index (χ2v) is 6.16. The molecule has 1 aliphatic rings. The lowest BCUT2D eigenvalue weighted by Gasteiger charge is -2.11. The Morgan fingerprint density at radius 1 is 1.33 bits per heavy atom. The molecule has 0 radical (unpaired) electrons. The van der Waals surface area contributed by atoms with Crippen molar-refractivity contribution in [3.05, 3.63) is 44.4 Å². The van der Waals surface area contributed by atoms with Gasteiger partial charge in [0.1, 0.15) is 11.6 Å². The molecule has 18 heavy (non-hydrogen) atoms. The molecule has 1 atom stereocenters. The standard InChI is InChI=1S/C12H9BrF2N2S/c13-7-4-8(14)6(3-9(7)15)5-1-2-10-11(5)18-12(16)17-10/h3-5H,1-2H2,(H2,16,17). The molecule has 1 heterocycles. The summed E-state index contributed by atoms with van der Waals surface area (Å²) in [6.07, 6.45) is 1.53. The van der Waals surface area contributed by atoms with E-state index in [1.807, 2.05) is 0 Å². The summed E-state index contributed by atoms with van der Waals surface area (Å²) in [5.41, 5.74) is 6.96. The second-order valence-electron chi connectivity index (χ2n) is 4.24. The Labute approximate surface area is 115 Å². The molecule has 1 aliphatic carbocycles. The number of hydrogen-bond donors (Lipinski definition) is 1. The lowest BCUT2D eigenvalue weighted by molar-refractivity contribution is 0.569. The largest absolute Gasteiger partial charge is 0.375 e. The molecule has 0 saturated heterocycles. The molecule has 0 bridgehead atoms. The molecule has 0 saturated carbocycles. The van der Waals surface area contributed by atoms with Gasteiger partial charge in [0, 0.05) is 10.8 Å². The van der Waals surface area contributed by atoms with E-state index in [1.54, 1.807) is 0 Å². The van der Waals surface area contributed by atoms with E-state index in [0.717, 1.165) is 23.4 Å². The maximum absolute atomic E-state index is 13.9. The number of nitrogens with two attached hydrogens (primary N) is 1. The number of thiazole rings is 1. The predicted octanol–water partition coefficient (Wildman–Crippen LogP) is 3.84. The Balaban J connectivity index is 2.09. The predicted molar refractivity (Wildman–Crippen MR) is 70.7 cm³/mol. The first-order valence-corrected chi connectivity index (χ1v) is 7.06. The minimum Gasteiger partial charge on any atom is -0.375 e. The summed E-state index contributed by atoms with van der Waals surface area (Å²) >= 11 is 4.34. The van der Waals surface area contributed by atoms with E-state index in [0.29, 0.717) is 10.7 Å². The lowest BCUT2D eigenvalue weighted by atomic mass is 9.98. The highest BCUT2D eigenvalue weighted by atomic mass is 79.9. The van der Waals surface area contributed by atoms with Crippen molar-refractivity contribution in [2.24, 2.45) is 0 Å². The highest BCUT2D eigenvalue weighted by Gasteiger charge is 2.30. The average Bonchev–Trinajstić information content (AvgIpc) is 2.82. The molecule has 0 amide bonds. The van der Waals surface area contributed by atoms with Crippen LogP contribution >= 0.6 is 27.3 Å². The molecule has 1 aromatic carbocycles. The number of halogens is 3. The van der Waals surface area contributed by atoms with Crippen LogP contribution in [0, 0.1) is 11.6 Å². The molecule has 0 spiro atoms. The van der Waals surface area contributed by atoms with E-state index in [9.17, 15) is 8.78 Å². The van der Waals surface area contributed by atoms with Crippen molar-refractivity contribution >= 4 is 32.4 Å². The number of aryl methyl sites for hydroxylation is 1. The van der Waals surface area contributed by atoms with Gasteiger partial charge in [0.05, 0.1) is 10.2 Å². The number of anilines is 1.